The lowest BCUT2D eigenvalue weighted by Gasteiger charge is -2.09. The van der Waals surface area contributed by atoms with Crippen LogP contribution in [0.1, 0.15) is 0 Å². The van der Waals surface area contributed by atoms with E-state index in [1.165, 1.54) is 24.3 Å². The average Bonchev–Trinajstić information content (AvgIpc) is 2.33. The third kappa shape index (κ3) is 3.30. The molecule has 0 fully saturated rings. The summed E-state index contributed by atoms with van der Waals surface area (Å²) < 4.78 is 53.0. The first-order valence-corrected chi connectivity index (χ1v) is 7.39. The number of sulfonamides is 1. The number of hydrogen-bond acceptors (Lipinski definition) is 2. The topological polar surface area (TPSA) is 46.2 Å². The van der Waals surface area contributed by atoms with E-state index < -0.39 is 21.7 Å². The molecule has 2 aromatic rings. The van der Waals surface area contributed by atoms with Gasteiger partial charge in [0.1, 0.15) is 11.6 Å². The Hall–Kier alpha value is -1.47. The van der Waals surface area contributed by atoms with Crippen molar-refractivity contribution in [2.75, 3.05) is 4.72 Å². The highest BCUT2D eigenvalue weighted by Gasteiger charge is 2.16. The zero-order chi connectivity index (χ0) is 14.0. The first-order chi connectivity index (χ1) is 8.88. The Balaban J connectivity index is 2.36. The van der Waals surface area contributed by atoms with Gasteiger partial charge in [0.05, 0.1) is 10.6 Å². The van der Waals surface area contributed by atoms with Crippen molar-refractivity contribution in [2.24, 2.45) is 0 Å². The van der Waals surface area contributed by atoms with Gasteiger partial charge in [-0.2, -0.15) is 0 Å². The molecule has 100 valence electrons. The van der Waals surface area contributed by atoms with Crippen molar-refractivity contribution in [1.29, 1.82) is 0 Å². The fourth-order valence-corrected chi connectivity index (χ4v) is 2.84. The highest BCUT2D eigenvalue weighted by molar-refractivity contribution is 9.10. The molecular formula is C12H8BrF2NO2S. The molecule has 2 aromatic carbocycles. The molecule has 0 spiro atoms. The standard InChI is InChI=1S/C12H8BrF2NO2S/c13-8-4-5-12(11(15)6-8)16-19(17,18)10-3-1-2-9(14)7-10/h1-7,16H. The maximum absolute atomic E-state index is 13.5. The molecule has 0 atom stereocenters. The van der Waals surface area contributed by atoms with Gasteiger partial charge in [-0.15, -0.1) is 0 Å². The van der Waals surface area contributed by atoms with Gasteiger partial charge in [-0.3, -0.25) is 4.72 Å². The molecule has 0 saturated carbocycles. The third-order valence-corrected chi connectivity index (χ3v) is 4.14. The smallest absolute Gasteiger partial charge is 0.262 e. The number of rotatable bonds is 3. The lowest BCUT2D eigenvalue weighted by atomic mass is 10.3. The van der Waals surface area contributed by atoms with Crippen molar-refractivity contribution in [1.82, 2.24) is 0 Å². The van der Waals surface area contributed by atoms with Gasteiger partial charge >= 0.3 is 0 Å². The second-order valence-corrected chi connectivity index (χ2v) is 6.29. The van der Waals surface area contributed by atoms with Crippen LogP contribution in [-0.2, 0) is 10.0 Å². The summed E-state index contributed by atoms with van der Waals surface area (Å²) in [5.41, 5.74) is -0.201. The van der Waals surface area contributed by atoms with E-state index in [1.807, 2.05) is 0 Å². The van der Waals surface area contributed by atoms with E-state index in [0.717, 1.165) is 18.2 Å². The van der Waals surface area contributed by atoms with E-state index in [4.69, 9.17) is 0 Å². The lowest BCUT2D eigenvalue weighted by molar-refractivity contribution is 0.593. The van der Waals surface area contributed by atoms with Gasteiger partial charge in [-0.25, -0.2) is 17.2 Å². The van der Waals surface area contributed by atoms with Crippen molar-refractivity contribution in [2.45, 2.75) is 4.90 Å². The van der Waals surface area contributed by atoms with Crippen molar-refractivity contribution in [3.8, 4) is 0 Å². The zero-order valence-corrected chi connectivity index (χ0v) is 11.8. The summed E-state index contributed by atoms with van der Waals surface area (Å²) in [6.45, 7) is 0. The Morgan fingerprint density at radius 1 is 1.05 bits per heavy atom. The maximum Gasteiger partial charge on any atom is 0.262 e. The zero-order valence-electron chi connectivity index (χ0n) is 9.40. The average molecular weight is 348 g/mol. The van der Waals surface area contributed by atoms with Crippen LogP contribution in [0.2, 0.25) is 0 Å². The van der Waals surface area contributed by atoms with Gasteiger partial charge < -0.3 is 0 Å². The summed E-state index contributed by atoms with van der Waals surface area (Å²) in [5.74, 6) is -1.41. The van der Waals surface area contributed by atoms with Crippen molar-refractivity contribution < 1.29 is 17.2 Å². The quantitative estimate of drug-likeness (QED) is 0.923. The third-order valence-electron chi connectivity index (χ3n) is 2.28. The minimum atomic E-state index is -4.02. The van der Waals surface area contributed by atoms with Crippen LogP contribution in [0.25, 0.3) is 0 Å². The fraction of sp³-hybridized carbons (Fsp3) is 0. The van der Waals surface area contributed by atoms with E-state index in [0.29, 0.717) is 4.47 Å². The van der Waals surface area contributed by atoms with E-state index in [-0.39, 0.29) is 10.6 Å². The second-order valence-electron chi connectivity index (χ2n) is 3.69. The van der Waals surface area contributed by atoms with E-state index in [9.17, 15) is 17.2 Å². The normalized spacial score (nSPS) is 11.3. The fourth-order valence-electron chi connectivity index (χ4n) is 1.41. The predicted molar refractivity (Wildman–Crippen MR) is 71.3 cm³/mol. The molecule has 0 heterocycles. The summed E-state index contributed by atoms with van der Waals surface area (Å²) in [5, 5.41) is 0. The number of benzene rings is 2. The predicted octanol–water partition coefficient (Wildman–Crippen LogP) is 3.53. The molecule has 1 N–H and O–H groups in total. The van der Waals surface area contributed by atoms with Gasteiger partial charge in [0.15, 0.2) is 0 Å². The second kappa shape index (κ2) is 5.26. The Kier molecular flexibility index (Phi) is 3.86. The molecule has 0 aliphatic heterocycles. The number of halogens is 3. The molecule has 0 bridgehead atoms. The summed E-state index contributed by atoms with van der Waals surface area (Å²) in [7, 11) is -4.02. The molecule has 0 radical (unpaired) electrons. The number of hydrogen-bond donors (Lipinski definition) is 1. The molecule has 0 aliphatic rings. The van der Waals surface area contributed by atoms with Crippen molar-refractivity contribution in [3.63, 3.8) is 0 Å². The van der Waals surface area contributed by atoms with Crippen LogP contribution >= 0.6 is 15.9 Å². The molecule has 19 heavy (non-hydrogen) atoms. The van der Waals surface area contributed by atoms with Gasteiger partial charge in [0.2, 0.25) is 0 Å². The number of anilines is 1. The van der Waals surface area contributed by atoms with Gasteiger partial charge in [-0.05, 0) is 36.4 Å². The molecule has 7 heteroatoms. The van der Waals surface area contributed by atoms with Gasteiger partial charge in [0.25, 0.3) is 10.0 Å². The molecule has 0 saturated heterocycles. The molecule has 0 unspecified atom stereocenters. The van der Waals surface area contributed by atoms with Crippen LogP contribution in [0.4, 0.5) is 14.5 Å². The van der Waals surface area contributed by atoms with E-state index in [2.05, 4.69) is 20.7 Å². The summed E-state index contributed by atoms with van der Waals surface area (Å²) in [6.07, 6.45) is 0. The van der Waals surface area contributed by atoms with Crippen molar-refractivity contribution in [3.05, 3.63) is 58.6 Å². The van der Waals surface area contributed by atoms with Crippen LogP contribution in [0.5, 0.6) is 0 Å². The Morgan fingerprint density at radius 3 is 2.42 bits per heavy atom. The minimum Gasteiger partial charge on any atom is -0.277 e. The van der Waals surface area contributed by atoms with Crippen LogP contribution in [0.3, 0.4) is 0 Å². The Labute approximate surface area is 117 Å². The van der Waals surface area contributed by atoms with E-state index >= 15 is 0 Å². The largest absolute Gasteiger partial charge is 0.277 e. The molecule has 3 nitrogen and oxygen atoms in total. The van der Waals surface area contributed by atoms with Crippen molar-refractivity contribution >= 4 is 31.6 Å². The Bertz CT molecular complexity index is 719. The molecule has 0 aliphatic carbocycles. The summed E-state index contributed by atoms with van der Waals surface area (Å²) >= 11 is 3.06. The highest BCUT2D eigenvalue weighted by Crippen LogP contribution is 2.22. The SMILES string of the molecule is O=S(=O)(Nc1ccc(Br)cc1F)c1cccc(F)c1. The first kappa shape index (κ1) is 14.0. The molecule has 0 aromatic heterocycles. The van der Waals surface area contributed by atoms with Crippen LogP contribution in [0.15, 0.2) is 51.8 Å². The monoisotopic (exact) mass is 347 g/mol. The number of nitrogens with one attached hydrogen (secondary N) is 1. The molecular weight excluding hydrogens is 340 g/mol. The minimum absolute atomic E-state index is 0.201. The van der Waals surface area contributed by atoms with E-state index in [1.54, 1.807) is 0 Å². The highest BCUT2D eigenvalue weighted by atomic mass is 79.9. The Morgan fingerprint density at radius 2 is 1.79 bits per heavy atom. The summed E-state index contributed by atoms with van der Waals surface area (Å²) in [6, 6.07) is 8.37. The molecule has 0 amide bonds. The van der Waals surface area contributed by atoms with Crippen LogP contribution in [-0.4, -0.2) is 8.42 Å². The maximum atomic E-state index is 13.5. The molecule has 2 rings (SSSR count). The van der Waals surface area contributed by atoms with Gasteiger partial charge in [-0.1, -0.05) is 22.0 Å². The first-order valence-electron chi connectivity index (χ1n) is 5.12. The van der Waals surface area contributed by atoms with Gasteiger partial charge in [0, 0.05) is 4.47 Å². The lowest BCUT2D eigenvalue weighted by Crippen LogP contribution is -2.14. The summed E-state index contributed by atoms with van der Waals surface area (Å²) in [4.78, 5) is -0.269. The van der Waals surface area contributed by atoms with Crippen LogP contribution in [0, 0.1) is 11.6 Å². The van der Waals surface area contributed by atoms with Crippen LogP contribution < -0.4 is 4.72 Å².